The van der Waals surface area contributed by atoms with Gasteiger partial charge in [0.2, 0.25) is 5.95 Å². The predicted octanol–water partition coefficient (Wildman–Crippen LogP) is -0.326. The zero-order valence-corrected chi connectivity index (χ0v) is 7.83. The summed E-state index contributed by atoms with van der Waals surface area (Å²) in [6, 6.07) is 1.79. The lowest BCUT2D eigenvalue weighted by Crippen LogP contribution is -2.44. The Balaban J connectivity index is 2.04. The van der Waals surface area contributed by atoms with Crippen LogP contribution in [0.25, 0.3) is 0 Å². The largest absolute Gasteiger partial charge is 0.394 e. The highest BCUT2D eigenvalue weighted by Crippen LogP contribution is 2.11. The average molecular weight is 195 g/mol. The van der Waals surface area contributed by atoms with Crippen LogP contribution >= 0.6 is 0 Å². The van der Waals surface area contributed by atoms with Crippen LogP contribution in [0.5, 0.6) is 0 Å². The number of aliphatic hydroxyl groups is 1. The quantitative estimate of drug-likeness (QED) is 0.700. The first-order chi connectivity index (χ1) is 6.90. The van der Waals surface area contributed by atoms with Crippen molar-refractivity contribution in [3.8, 4) is 0 Å². The molecule has 0 saturated carbocycles. The number of ether oxygens (including phenoxy) is 1. The van der Waals surface area contributed by atoms with Crippen molar-refractivity contribution in [2.75, 3.05) is 31.2 Å². The molecule has 14 heavy (non-hydrogen) atoms. The van der Waals surface area contributed by atoms with Gasteiger partial charge in [-0.3, -0.25) is 0 Å². The summed E-state index contributed by atoms with van der Waals surface area (Å²) in [6.07, 6.45) is 3.31. The maximum atomic E-state index is 8.96. The number of hydrogen-bond acceptors (Lipinski definition) is 5. The molecule has 2 heterocycles. The van der Waals surface area contributed by atoms with Crippen LogP contribution in [0, 0.1) is 0 Å². The van der Waals surface area contributed by atoms with Crippen LogP contribution in [-0.2, 0) is 4.74 Å². The molecule has 5 heteroatoms. The summed E-state index contributed by atoms with van der Waals surface area (Å²) >= 11 is 0. The lowest BCUT2D eigenvalue weighted by atomic mass is 10.3. The van der Waals surface area contributed by atoms with Gasteiger partial charge >= 0.3 is 0 Å². The standard InChI is InChI=1S/C9H13N3O2/c13-7-8-6-12(4-5-14-8)9-10-2-1-3-11-9/h1-3,8,13H,4-7H2/t8-/m0/s1. The average Bonchev–Trinajstić information content (AvgIpc) is 2.30. The van der Waals surface area contributed by atoms with Crippen LogP contribution in [-0.4, -0.2) is 47.5 Å². The topological polar surface area (TPSA) is 58.5 Å². The molecular formula is C9H13N3O2. The summed E-state index contributed by atoms with van der Waals surface area (Å²) in [5, 5.41) is 8.96. The lowest BCUT2D eigenvalue weighted by molar-refractivity contribution is 0.00314. The smallest absolute Gasteiger partial charge is 0.225 e. The first kappa shape index (κ1) is 9.36. The van der Waals surface area contributed by atoms with Gasteiger partial charge < -0.3 is 14.7 Å². The Morgan fingerprint density at radius 3 is 3.00 bits per heavy atom. The minimum Gasteiger partial charge on any atom is -0.394 e. The van der Waals surface area contributed by atoms with Gasteiger partial charge in [0.15, 0.2) is 0 Å². The minimum absolute atomic E-state index is 0.0450. The van der Waals surface area contributed by atoms with Gasteiger partial charge in [-0.05, 0) is 6.07 Å². The Morgan fingerprint density at radius 2 is 2.29 bits per heavy atom. The molecule has 0 unspecified atom stereocenters. The molecule has 1 saturated heterocycles. The maximum absolute atomic E-state index is 8.96. The number of aliphatic hydroxyl groups excluding tert-OH is 1. The lowest BCUT2D eigenvalue weighted by Gasteiger charge is -2.31. The van der Waals surface area contributed by atoms with Gasteiger partial charge in [-0.15, -0.1) is 0 Å². The van der Waals surface area contributed by atoms with E-state index in [0.29, 0.717) is 19.1 Å². The number of hydrogen-bond donors (Lipinski definition) is 1. The summed E-state index contributed by atoms with van der Waals surface area (Å²) in [5.74, 6) is 0.703. The first-order valence-electron chi connectivity index (χ1n) is 4.64. The van der Waals surface area contributed by atoms with Gasteiger partial charge in [-0.25, -0.2) is 9.97 Å². The van der Waals surface area contributed by atoms with Crippen LogP contribution in [0.3, 0.4) is 0 Å². The monoisotopic (exact) mass is 195 g/mol. The highest BCUT2D eigenvalue weighted by Gasteiger charge is 2.20. The van der Waals surface area contributed by atoms with Gasteiger partial charge in [0, 0.05) is 25.5 Å². The van der Waals surface area contributed by atoms with Crippen molar-refractivity contribution in [3.63, 3.8) is 0 Å². The van der Waals surface area contributed by atoms with Crippen molar-refractivity contribution in [1.82, 2.24) is 9.97 Å². The SMILES string of the molecule is OC[C@@H]1CN(c2ncccn2)CCO1. The number of rotatable bonds is 2. The zero-order valence-electron chi connectivity index (χ0n) is 7.83. The highest BCUT2D eigenvalue weighted by atomic mass is 16.5. The molecule has 1 aliphatic heterocycles. The fourth-order valence-corrected chi connectivity index (χ4v) is 1.47. The number of nitrogens with zero attached hydrogens (tertiary/aromatic N) is 3. The Hall–Kier alpha value is -1.20. The molecule has 1 N–H and O–H groups in total. The summed E-state index contributed by atoms with van der Waals surface area (Å²) < 4.78 is 5.33. The molecule has 0 aliphatic carbocycles. The molecule has 1 aliphatic rings. The van der Waals surface area contributed by atoms with E-state index in [9.17, 15) is 0 Å². The van der Waals surface area contributed by atoms with Crippen molar-refractivity contribution in [2.45, 2.75) is 6.10 Å². The number of anilines is 1. The van der Waals surface area contributed by atoms with Crippen molar-refractivity contribution >= 4 is 5.95 Å². The third-order valence-corrected chi connectivity index (χ3v) is 2.18. The second kappa shape index (κ2) is 4.34. The van der Waals surface area contributed by atoms with Gasteiger partial charge in [0.25, 0.3) is 0 Å². The molecule has 1 fully saturated rings. The highest BCUT2D eigenvalue weighted by molar-refractivity contribution is 5.29. The van der Waals surface area contributed by atoms with Crippen molar-refractivity contribution in [3.05, 3.63) is 18.5 Å². The molecule has 1 atom stereocenters. The van der Waals surface area contributed by atoms with E-state index in [0.717, 1.165) is 6.54 Å². The van der Waals surface area contributed by atoms with Gasteiger partial charge in [-0.2, -0.15) is 0 Å². The van der Waals surface area contributed by atoms with Gasteiger partial charge in [-0.1, -0.05) is 0 Å². The Labute approximate surface area is 82.4 Å². The molecule has 0 amide bonds. The van der Waals surface area contributed by atoms with E-state index in [1.807, 2.05) is 4.90 Å². The van der Waals surface area contributed by atoms with E-state index in [-0.39, 0.29) is 12.7 Å². The number of morpholine rings is 1. The Bertz CT molecular complexity index is 281. The van der Waals surface area contributed by atoms with Crippen LogP contribution in [0.1, 0.15) is 0 Å². The third-order valence-electron chi connectivity index (χ3n) is 2.18. The molecule has 76 valence electrons. The molecule has 0 aromatic carbocycles. The Kier molecular flexibility index (Phi) is 2.90. The molecular weight excluding hydrogens is 182 g/mol. The Morgan fingerprint density at radius 1 is 1.50 bits per heavy atom. The van der Waals surface area contributed by atoms with Crippen molar-refractivity contribution in [1.29, 1.82) is 0 Å². The summed E-state index contributed by atoms with van der Waals surface area (Å²) in [4.78, 5) is 10.3. The summed E-state index contributed by atoms with van der Waals surface area (Å²) in [6.45, 7) is 2.09. The fourth-order valence-electron chi connectivity index (χ4n) is 1.47. The number of aromatic nitrogens is 2. The molecule has 1 aromatic rings. The van der Waals surface area contributed by atoms with E-state index < -0.39 is 0 Å². The van der Waals surface area contributed by atoms with Crippen molar-refractivity contribution < 1.29 is 9.84 Å². The van der Waals surface area contributed by atoms with E-state index in [4.69, 9.17) is 9.84 Å². The van der Waals surface area contributed by atoms with E-state index in [1.165, 1.54) is 0 Å². The first-order valence-corrected chi connectivity index (χ1v) is 4.64. The van der Waals surface area contributed by atoms with E-state index >= 15 is 0 Å². The molecule has 0 radical (unpaired) electrons. The van der Waals surface area contributed by atoms with E-state index in [1.54, 1.807) is 18.5 Å². The van der Waals surface area contributed by atoms with Gasteiger partial charge in [0.1, 0.15) is 0 Å². The normalized spacial score (nSPS) is 22.4. The third kappa shape index (κ3) is 2.00. The molecule has 2 rings (SSSR count). The van der Waals surface area contributed by atoms with E-state index in [2.05, 4.69) is 9.97 Å². The van der Waals surface area contributed by atoms with Crippen LogP contribution in [0.2, 0.25) is 0 Å². The second-order valence-corrected chi connectivity index (χ2v) is 3.17. The second-order valence-electron chi connectivity index (χ2n) is 3.17. The molecule has 1 aromatic heterocycles. The minimum atomic E-state index is -0.118. The van der Waals surface area contributed by atoms with Crippen LogP contribution < -0.4 is 4.90 Å². The molecule has 0 spiro atoms. The summed E-state index contributed by atoms with van der Waals surface area (Å²) in [5.41, 5.74) is 0. The summed E-state index contributed by atoms with van der Waals surface area (Å²) in [7, 11) is 0. The van der Waals surface area contributed by atoms with Crippen molar-refractivity contribution in [2.24, 2.45) is 0 Å². The van der Waals surface area contributed by atoms with Crippen LogP contribution in [0.4, 0.5) is 5.95 Å². The van der Waals surface area contributed by atoms with Crippen LogP contribution in [0.15, 0.2) is 18.5 Å². The maximum Gasteiger partial charge on any atom is 0.225 e. The predicted molar refractivity (Wildman–Crippen MR) is 51.1 cm³/mol. The molecule has 5 nitrogen and oxygen atoms in total. The zero-order chi connectivity index (χ0) is 9.80. The fraction of sp³-hybridized carbons (Fsp3) is 0.556. The molecule has 0 bridgehead atoms. The van der Waals surface area contributed by atoms with Gasteiger partial charge in [0.05, 0.1) is 19.3 Å².